The average Bonchev–Trinajstić information content (AvgIpc) is 3.06. The summed E-state index contributed by atoms with van der Waals surface area (Å²) in [6.07, 6.45) is 1.67. The van der Waals surface area contributed by atoms with E-state index in [1.165, 1.54) is 7.11 Å². The largest absolute Gasteiger partial charge is 1.00 e. The van der Waals surface area contributed by atoms with Gasteiger partial charge < -0.3 is 21.2 Å². The molecule has 30 heavy (non-hydrogen) atoms. The summed E-state index contributed by atoms with van der Waals surface area (Å²) in [6, 6.07) is 8.42. The molecule has 0 bridgehead atoms. The molecule has 0 spiro atoms. The molecule has 0 amide bonds. The molecule has 0 saturated carbocycles. The first kappa shape index (κ1) is 21.8. The molecule has 0 aliphatic rings. The Labute approximate surface area is 194 Å². The Kier molecular flexibility index (Phi) is 6.45. The van der Waals surface area contributed by atoms with Crippen molar-refractivity contribution in [2.75, 3.05) is 17.7 Å². The molecule has 4 rings (SSSR count). The van der Waals surface area contributed by atoms with E-state index in [-0.39, 0.29) is 36.7 Å². The topological polar surface area (TPSA) is 105 Å². The van der Waals surface area contributed by atoms with Crippen molar-refractivity contribution in [2.45, 2.75) is 13.8 Å². The molecule has 2 aromatic carbocycles. The van der Waals surface area contributed by atoms with Gasteiger partial charge in [-0.3, -0.25) is 4.98 Å². The number of anilines is 4. The molecule has 10 heteroatoms. The number of aromatic amines is 1. The van der Waals surface area contributed by atoms with E-state index in [2.05, 4.69) is 25.6 Å². The Balaban J connectivity index is 0.00000171. The molecule has 2 aromatic heterocycles. The fraction of sp³-hybridized carbons (Fsp3) is 0.150. The minimum atomic E-state index is -0.508. The van der Waals surface area contributed by atoms with Gasteiger partial charge in [0.05, 0.1) is 12.6 Å². The van der Waals surface area contributed by atoms with Crippen molar-refractivity contribution in [3.8, 4) is 5.75 Å². The summed E-state index contributed by atoms with van der Waals surface area (Å²) in [5.41, 5.74) is 3.65. The number of H-pyrrole nitrogens is 1. The van der Waals surface area contributed by atoms with Crippen LogP contribution in [-0.2, 0) is 0 Å². The van der Waals surface area contributed by atoms with Gasteiger partial charge in [-0.2, -0.15) is 4.98 Å². The molecule has 0 fully saturated rings. The van der Waals surface area contributed by atoms with Crippen LogP contribution in [0.15, 0.2) is 45.7 Å². The van der Waals surface area contributed by atoms with Gasteiger partial charge in [-0.1, -0.05) is 0 Å². The van der Waals surface area contributed by atoms with Gasteiger partial charge in [0.15, 0.2) is 17.1 Å². The number of hydrogen-bond acceptors (Lipinski definition) is 7. The number of nitrogens with zero attached hydrogens (tertiary/aromatic N) is 2. The van der Waals surface area contributed by atoms with E-state index >= 15 is 0 Å². The van der Waals surface area contributed by atoms with Gasteiger partial charge >= 0.3 is 35.3 Å². The first-order valence-electron chi connectivity index (χ1n) is 8.77. The first-order chi connectivity index (χ1) is 13.9. The van der Waals surface area contributed by atoms with E-state index in [1.807, 2.05) is 6.92 Å². The number of halogens is 1. The minimum Gasteiger partial charge on any atom is -1.00 e. The zero-order chi connectivity index (χ0) is 20.5. The van der Waals surface area contributed by atoms with E-state index in [9.17, 15) is 9.18 Å². The second-order valence-corrected chi connectivity index (χ2v) is 6.51. The van der Waals surface area contributed by atoms with Crippen molar-refractivity contribution in [1.82, 2.24) is 15.0 Å². The summed E-state index contributed by atoms with van der Waals surface area (Å²) >= 11 is 0. The molecule has 8 nitrogen and oxygen atoms in total. The average molecular weight is 419 g/mol. The number of aromatic nitrogens is 3. The molecule has 0 aliphatic heterocycles. The van der Waals surface area contributed by atoms with Gasteiger partial charge in [0.1, 0.15) is 5.82 Å². The Bertz CT molecular complexity index is 1280. The van der Waals surface area contributed by atoms with E-state index in [0.717, 1.165) is 11.3 Å². The molecular formula is C20H19FN5NaO3. The number of rotatable bonds is 5. The monoisotopic (exact) mass is 419 g/mol. The zero-order valence-corrected chi connectivity index (χ0v) is 19.0. The molecule has 0 atom stereocenters. The van der Waals surface area contributed by atoms with Gasteiger partial charge in [-0.25, -0.2) is 14.2 Å². The Hall–Kier alpha value is -2.88. The normalized spacial score (nSPS) is 10.5. The Morgan fingerprint density at radius 1 is 1.13 bits per heavy atom. The molecule has 2 heterocycles. The SMILES string of the molecule is COc1cc(Nc2ncc(C)c(Nc3ccc4oc(=O)[nH]c4c3)n2)cc(C)c1F.[H-].[Na+]. The number of aryl methyl sites for hydroxylation is 2. The van der Waals surface area contributed by atoms with Gasteiger partial charge in [0.2, 0.25) is 5.95 Å². The van der Waals surface area contributed by atoms with Crippen molar-refractivity contribution in [3.05, 3.63) is 64.0 Å². The fourth-order valence-corrected chi connectivity index (χ4v) is 2.88. The standard InChI is InChI=1S/C20H18FN5O3.Na.H/c1-10-6-13(8-16(28-3)17(10)21)24-19-22-9-11(2)18(26-19)23-12-4-5-15-14(7-12)25-20(27)29-15;;/h4-9H,1-3H3,(H,25,27)(H2,22,23,24,26);;/q;+1;-1. The van der Waals surface area contributed by atoms with Crippen molar-refractivity contribution in [2.24, 2.45) is 0 Å². The quantitative estimate of drug-likeness (QED) is 0.419. The molecule has 150 valence electrons. The number of ether oxygens (including phenoxy) is 1. The summed E-state index contributed by atoms with van der Waals surface area (Å²) < 4.78 is 24.0. The number of benzene rings is 2. The third-order valence-electron chi connectivity index (χ3n) is 4.35. The van der Waals surface area contributed by atoms with Crippen LogP contribution in [0.1, 0.15) is 12.6 Å². The zero-order valence-electron chi connectivity index (χ0n) is 18.0. The summed E-state index contributed by atoms with van der Waals surface area (Å²) in [6.45, 7) is 3.53. The second-order valence-electron chi connectivity index (χ2n) is 6.51. The molecule has 0 unspecified atom stereocenters. The summed E-state index contributed by atoms with van der Waals surface area (Å²) in [5.74, 6) is 0.146. The van der Waals surface area contributed by atoms with Crippen LogP contribution in [0.25, 0.3) is 11.1 Å². The van der Waals surface area contributed by atoms with Crippen LogP contribution in [-0.4, -0.2) is 22.1 Å². The number of nitrogens with one attached hydrogen (secondary N) is 3. The van der Waals surface area contributed by atoms with E-state index in [4.69, 9.17) is 9.15 Å². The summed E-state index contributed by atoms with van der Waals surface area (Å²) in [4.78, 5) is 22.7. The van der Waals surface area contributed by atoms with Crippen LogP contribution in [0.4, 0.5) is 27.5 Å². The van der Waals surface area contributed by atoms with Crippen LogP contribution in [0.3, 0.4) is 0 Å². The van der Waals surface area contributed by atoms with Gasteiger partial charge in [0.25, 0.3) is 0 Å². The molecule has 0 aliphatic carbocycles. The van der Waals surface area contributed by atoms with Crippen LogP contribution in [0.2, 0.25) is 0 Å². The van der Waals surface area contributed by atoms with Crippen molar-refractivity contribution >= 4 is 34.2 Å². The number of oxazole rings is 1. The second kappa shape index (κ2) is 8.86. The van der Waals surface area contributed by atoms with Gasteiger partial charge in [-0.05, 0) is 43.7 Å². The van der Waals surface area contributed by atoms with E-state index in [1.54, 1.807) is 43.5 Å². The maximum absolute atomic E-state index is 14.0. The third kappa shape index (κ3) is 4.48. The van der Waals surface area contributed by atoms with Gasteiger partial charge in [0, 0.05) is 29.2 Å². The first-order valence-corrected chi connectivity index (χ1v) is 8.77. The van der Waals surface area contributed by atoms with Crippen LogP contribution in [0, 0.1) is 19.7 Å². The van der Waals surface area contributed by atoms with Gasteiger partial charge in [-0.15, -0.1) is 0 Å². The molecular weight excluding hydrogens is 400 g/mol. The van der Waals surface area contributed by atoms with Crippen LogP contribution < -0.4 is 50.7 Å². The number of methoxy groups -OCH3 is 1. The molecule has 3 N–H and O–H groups in total. The van der Waals surface area contributed by atoms with Crippen molar-refractivity contribution in [1.29, 1.82) is 0 Å². The smallest absolute Gasteiger partial charge is 1.00 e. The maximum atomic E-state index is 14.0. The van der Waals surface area contributed by atoms with Crippen LogP contribution in [0.5, 0.6) is 5.75 Å². The van der Waals surface area contributed by atoms with E-state index < -0.39 is 11.6 Å². The number of hydrogen-bond donors (Lipinski definition) is 3. The summed E-state index contributed by atoms with van der Waals surface area (Å²) in [7, 11) is 1.41. The molecule has 4 aromatic rings. The molecule has 0 saturated heterocycles. The Morgan fingerprint density at radius 3 is 2.70 bits per heavy atom. The summed E-state index contributed by atoms with van der Waals surface area (Å²) in [5, 5.41) is 6.26. The predicted octanol–water partition coefficient (Wildman–Crippen LogP) is 1.28. The third-order valence-corrected chi connectivity index (χ3v) is 4.35. The van der Waals surface area contributed by atoms with Crippen molar-refractivity contribution in [3.63, 3.8) is 0 Å². The van der Waals surface area contributed by atoms with Crippen LogP contribution >= 0.6 is 0 Å². The maximum Gasteiger partial charge on any atom is 1.00 e. The molecule has 0 radical (unpaired) electrons. The van der Waals surface area contributed by atoms with E-state index in [0.29, 0.717) is 34.1 Å². The Morgan fingerprint density at radius 2 is 1.93 bits per heavy atom. The minimum absolute atomic E-state index is 0. The number of fused-ring (bicyclic) bond motifs is 1. The fourth-order valence-electron chi connectivity index (χ4n) is 2.88. The van der Waals surface area contributed by atoms with Crippen molar-refractivity contribution < 1.29 is 44.5 Å². The predicted molar refractivity (Wildman–Crippen MR) is 109 cm³/mol.